The summed E-state index contributed by atoms with van der Waals surface area (Å²) < 4.78 is 68.5. The molecule has 0 atom stereocenters. The molecule has 13 heteroatoms. The summed E-state index contributed by atoms with van der Waals surface area (Å²) in [6, 6.07) is 6.26. The summed E-state index contributed by atoms with van der Waals surface area (Å²) in [5, 5.41) is -1.03. The van der Waals surface area contributed by atoms with Gasteiger partial charge in [0.2, 0.25) is 0 Å². The van der Waals surface area contributed by atoms with Gasteiger partial charge < -0.3 is 4.74 Å². The van der Waals surface area contributed by atoms with E-state index >= 15 is 0 Å². The van der Waals surface area contributed by atoms with Crippen LogP contribution in [0.25, 0.3) is 0 Å². The zero-order valence-electron chi connectivity index (χ0n) is 12.8. The summed E-state index contributed by atoms with van der Waals surface area (Å²) in [4.78, 5) is 22.4. The van der Waals surface area contributed by atoms with Crippen LogP contribution in [-0.4, -0.2) is 37.9 Å². The largest absolute Gasteiger partial charge is 0.386 e. The number of benzene rings is 2. The molecule has 0 aromatic heterocycles. The molecule has 144 valence electrons. The van der Waals surface area contributed by atoms with E-state index in [0.29, 0.717) is 0 Å². The Kier molecular flexibility index (Phi) is 5.94. The number of carbonyl (C=O) groups is 2. The van der Waals surface area contributed by atoms with E-state index in [2.05, 4.69) is 4.74 Å². The lowest BCUT2D eigenvalue weighted by Gasteiger charge is -2.10. The van der Waals surface area contributed by atoms with Crippen molar-refractivity contribution in [3.8, 4) is 0 Å². The van der Waals surface area contributed by atoms with Crippen molar-refractivity contribution in [3.05, 3.63) is 57.6 Å². The Bertz CT molecular complexity index is 1060. The number of halogens is 2. The van der Waals surface area contributed by atoms with Gasteiger partial charge in [-0.25, -0.2) is 9.59 Å². The van der Waals surface area contributed by atoms with Crippen molar-refractivity contribution in [2.24, 2.45) is 0 Å². The third-order valence-electron chi connectivity index (χ3n) is 3.08. The minimum absolute atomic E-state index is 0.513. The van der Waals surface area contributed by atoms with Crippen LogP contribution in [0.4, 0.5) is 0 Å². The molecule has 0 heterocycles. The van der Waals surface area contributed by atoms with Crippen molar-refractivity contribution in [1.29, 1.82) is 0 Å². The van der Waals surface area contributed by atoms with Crippen molar-refractivity contribution in [3.63, 3.8) is 0 Å². The molecule has 27 heavy (non-hydrogen) atoms. The Morgan fingerprint density at radius 2 is 1.07 bits per heavy atom. The minimum atomic E-state index is -4.95. The lowest BCUT2D eigenvalue weighted by molar-refractivity contribution is 0.0391. The Hall–Kier alpha value is -2.02. The van der Waals surface area contributed by atoms with Crippen LogP contribution in [0.1, 0.15) is 20.7 Å². The minimum Gasteiger partial charge on any atom is -0.386 e. The third kappa shape index (κ3) is 4.64. The number of esters is 2. The molecule has 0 aliphatic rings. The van der Waals surface area contributed by atoms with Gasteiger partial charge in [0.25, 0.3) is 20.2 Å². The fourth-order valence-electron chi connectivity index (χ4n) is 2.06. The number of hydrogen-bond acceptors (Lipinski definition) is 7. The van der Waals surface area contributed by atoms with E-state index < -0.39 is 63.1 Å². The monoisotopic (exact) mass is 454 g/mol. The van der Waals surface area contributed by atoms with Crippen LogP contribution in [0.2, 0.25) is 10.0 Å². The Labute approximate surface area is 163 Å². The molecule has 9 nitrogen and oxygen atoms in total. The highest BCUT2D eigenvalue weighted by Crippen LogP contribution is 2.28. The highest BCUT2D eigenvalue weighted by molar-refractivity contribution is 7.86. The van der Waals surface area contributed by atoms with E-state index in [4.69, 9.17) is 23.2 Å². The lowest BCUT2D eigenvalue weighted by atomic mass is 10.2. The Balaban J connectivity index is 2.50. The van der Waals surface area contributed by atoms with Crippen LogP contribution in [0.15, 0.2) is 46.2 Å². The second kappa shape index (κ2) is 7.54. The Morgan fingerprint density at radius 1 is 0.741 bits per heavy atom. The van der Waals surface area contributed by atoms with Crippen LogP contribution in [0, 0.1) is 0 Å². The van der Waals surface area contributed by atoms with E-state index in [1.54, 1.807) is 0 Å². The molecular formula is C14H8Cl2O9S2. The van der Waals surface area contributed by atoms with Gasteiger partial charge in [0.05, 0.1) is 21.2 Å². The van der Waals surface area contributed by atoms with E-state index in [1.807, 2.05) is 0 Å². The zero-order chi connectivity index (χ0) is 20.6. The maximum absolute atomic E-state index is 12.2. The van der Waals surface area contributed by atoms with Crippen LogP contribution in [-0.2, 0) is 25.0 Å². The maximum atomic E-state index is 12.2. The van der Waals surface area contributed by atoms with Crippen LogP contribution in [0.3, 0.4) is 0 Å². The molecule has 0 radical (unpaired) electrons. The van der Waals surface area contributed by atoms with Gasteiger partial charge in [-0.05, 0) is 24.3 Å². The quantitative estimate of drug-likeness (QED) is 0.402. The predicted octanol–water partition coefficient (Wildman–Crippen LogP) is 2.48. The summed E-state index contributed by atoms with van der Waals surface area (Å²) in [7, 11) is -9.90. The fourth-order valence-corrected chi connectivity index (χ4v) is 4.48. The molecule has 2 aromatic rings. The van der Waals surface area contributed by atoms with Crippen molar-refractivity contribution >= 4 is 55.4 Å². The highest BCUT2D eigenvalue weighted by Gasteiger charge is 2.29. The topological polar surface area (TPSA) is 152 Å². The van der Waals surface area contributed by atoms with Crippen LogP contribution < -0.4 is 0 Å². The van der Waals surface area contributed by atoms with Gasteiger partial charge in [-0.3, -0.25) is 9.11 Å². The molecule has 2 aromatic carbocycles. The highest BCUT2D eigenvalue weighted by atomic mass is 35.5. The Morgan fingerprint density at radius 3 is 1.37 bits per heavy atom. The van der Waals surface area contributed by atoms with Gasteiger partial charge in [0, 0.05) is 0 Å². The molecule has 2 rings (SSSR count). The summed E-state index contributed by atoms with van der Waals surface area (Å²) in [5.74, 6) is -3.09. The molecule has 0 saturated carbocycles. The van der Waals surface area contributed by atoms with E-state index in [9.17, 15) is 35.5 Å². The molecule has 0 fully saturated rings. The molecule has 0 aliphatic heterocycles. The smallest absolute Gasteiger partial charge is 0.347 e. The van der Waals surface area contributed by atoms with E-state index in [0.717, 1.165) is 36.4 Å². The number of hydrogen-bond donors (Lipinski definition) is 2. The fraction of sp³-hybridized carbons (Fsp3) is 0. The summed E-state index contributed by atoms with van der Waals surface area (Å²) in [6.07, 6.45) is 0. The van der Waals surface area contributed by atoms with Gasteiger partial charge in [-0.2, -0.15) is 16.8 Å². The standard InChI is InChI=1S/C14H8Cl2O9S2/c15-9-5-1-3-7(11(9)26(19,20)21)13(17)25-14(18)8-4-2-6-10(16)12(8)27(22,23)24/h1-6H,(H,19,20,21)(H,22,23,24). The average molecular weight is 455 g/mol. The molecule has 2 N–H and O–H groups in total. The first-order valence-corrected chi connectivity index (χ1v) is 10.3. The van der Waals surface area contributed by atoms with Crippen molar-refractivity contribution in [1.82, 2.24) is 0 Å². The first-order chi connectivity index (χ1) is 12.3. The average Bonchev–Trinajstić information content (AvgIpc) is 2.51. The van der Waals surface area contributed by atoms with Crippen molar-refractivity contribution < 1.29 is 40.3 Å². The molecule has 0 saturated heterocycles. The summed E-state index contributed by atoms with van der Waals surface area (Å²) >= 11 is 11.3. The van der Waals surface area contributed by atoms with E-state index in [1.165, 1.54) is 0 Å². The van der Waals surface area contributed by atoms with Gasteiger partial charge >= 0.3 is 11.9 Å². The lowest BCUT2D eigenvalue weighted by Crippen LogP contribution is -2.18. The third-order valence-corrected chi connectivity index (χ3v) is 5.84. The summed E-state index contributed by atoms with van der Waals surface area (Å²) in [5.41, 5.74) is -1.54. The second-order valence-corrected chi connectivity index (χ2v) is 8.39. The molecule has 0 amide bonds. The number of carbonyl (C=O) groups excluding carboxylic acids is 2. The molecule has 0 bridgehead atoms. The SMILES string of the molecule is O=C(OC(=O)c1cccc(Cl)c1S(=O)(=O)O)c1cccc(Cl)c1S(=O)(=O)O. The molecule has 0 spiro atoms. The van der Waals surface area contributed by atoms with Crippen LogP contribution in [0.5, 0.6) is 0 Å². The first-order valence-electron chi connectivity index (χ1n) is 6.62. The van der Waals surface area contributed by atoms with Gasteiger partial charge in [0.15, 0.2) is 0 Å². The normalized spacial score (nSPS) is 11.9. The number of rotatable bonds is 4. The molecular weight excluding hydrogens is 447 g/mol. The second-order valence-electron chi connectivity index (χ2n) is 4.86. The molecule has 0 aliphatic carbocycles. The molecule has 0 unspecified atom stereocenters. The van der Waals surface area contributed by atoms with Gasteiger partial charge in [-0.15, -0.1) is 0 Å². The van der Waals surface area contributed by atoms with Crippen molar-refractivity contribution in [2.45, 2.75) is 9.79 Å². The van der Waals surface area contributed by atoms with Gasteiger partial charge in [0.1, 0.15) is 9.79 Å². The number of ether oxygens (including phenoxy) is 1. The van der Waals surface area contributed by atoms with Crippen molar-refractivity contribution in [2.75, 3.05) is 0 Å². The van der Waals surface area contributed by atoms with Crippen LogP contribution >= 0.6 is 23.2 Å². The zero-order valence-corrected chi connectivity index (χ0v) is 15.9. The first kappa shape index (κ1) is 21.3. The maximum Gasteiger partial charge on any atom is 0.347 e. The summed E-state index contributed by atoms with van der Waals surface area (Å²) in [6.45, 7) is 0. The van der Waals surface area contributed by atoms with E-state index in [-0.39, 0.29) is 0 Å². The predicted molar refractivity (Wildman–Crippen MR) is 92.3 cm³/mol. The van der Waals surface area contributed by atoms with Gasteiger partial charge in [-0.1, -0.05) is 35.3 Å².